The highest BCUT2D eigenvalue weighted by Gasteiger charge is 2.19. The number of hydrogen-bond donors (Lipinski definition) is 2. The Hall–Kier alpha value is -3.56. The summed E-state index contributed by atoms with van der Waals surface area (Å²) in [4.78, 5) is 15.5. The van der Waals surface area contributed by atoms with Crippen LogP contribution in [0.2, 0.25) is 0 Å². The van der Waals surface area contributed by atoms with Crippen LogP contribution in [0.1, 0.15) is 28.8 Å². The highest BCUT2D eigenvalue weighted by atomic mass is 32.2. The number of sulfonamides is 1. The number of hydrogen-bond acceptors (Lipinski definition) is 4. The number of pyridine rings is 1. The largest absolute Gasteiger partial charge is 0.481 e. The zero-order valence-corrected chi connectivity index (χ0v) is 20.1. The minimum absolute atomic E-state index is 0.00134. The molecule has 0 bridgehead atoms. The number of halogens is 1. The number of rotatable bonds is 10. The summed E-state index contributed by atoms with van der Waals surface area (Å²) in [6, 6.07) is 14.4. The maximum atomic E-state index is 13.2. The predicted molar refractivity (Wildman–Crippen MR) is 131 cm³/mol. The van der Waals surface area contributed by atoms with Crippen LogP contribution in [0.4, 0.5) is 4.39 Å². The maximum absolute atomic E-state index is 13.2. The maximum Gasteiger partial charge on any atom is 0.305 e. The lowest BCUT2D eigenvalue weighted by molar-refractivity contribution is -0.137. The molecule has 0 aliphatic rings. The molecule has 0 unspecified atom stereocenters. The van der Waals surface area contributed by atoms with Crippen LogP contribution >= 0.6 is 0 Å². The van der Waals surface area contributed by atoms with Crippen molar-refractivity contribution in [2.45, 2.75) is 37.6 Å². The van der Waals surface area contributed by atoms with E-state index in [1.54, 1.807) is 12.4 Å². The average molecular weight is 496 g/mol. The second kappa shape index (κ2) is 10.4. The molecule has 0 radical (unpaired) electrons. The smallest absolute Gasteiger partial charge is 0.305 e. The summed E-state index contributed by atoms with van der Waals surface area (Å²) in [5.41, 5.74) is 4.95. The molecule has 182 valence electrons. The fourth-order valence-electron chi connectivity index (χ4n) is 4.33. The highest BCUT2D eigenvalue weighted by Crippen LogP contribution is 2.31. The van der Waals surface area contributed by atoms with E-state index in [2.05, 4.69) is 9.71 Å². The third-order valence-electron chi connectivity index (χ3n) is 6.03. The summed E-state index contributed by atoms with van der Waals surface area (Å²) >= 11 is 0. The molecule has 2 heterocycles. The number of nitrogens with zero attached hydrogens (tertiary/aromatic N) is 2. The second-order valence-electron chi connectivity index (χ2n) is 8.31. The Morgan fingerprint density at radius 2 is 1.89 bits per heavy atom. The average Bonchev–Trinajstić information content (AvgIpc) is 3.10. The topological polar surface area (TPSA) is 101 Å². The third kappa shape index (κ3) is 5.58. The van der Waals surface area contributed by atoms with E-state index in [4.69, 9.17) is 0 Å². The van der Waals surface area contributed by atoms with Crippen molar-refractivity contribution in [2.24, 2.45) is 0 Å². The first-order valence-electron chi connectivity index (χ1n) is 11.2. The predicted octanol–water partition coefficient (Wildman–Crippen LogP) is 4.07. The van der Waals surface area contributed by atoms with E-state index in [0.717, 1.165) is 45.4 Å². The van der Waals surface area contributed by atoms with Crippen molar-refractivity contribution in [1.29, 1.82) is 0 Å². The summed E-state index contributed by atoms with van der Waals surface area (Å²) < 4.78 is 43.0. The molecule has 35 heavy (non-hydrogen) atoms. The Bertz CT molecular complexity index is 1450. The number of carboxylic acids is 1. The molecule has 9 heteroatoms. The monoisotopic (exact) mass is 495 g/mol. The van der Waals surface area contributed by atoms with E-state index in [-0.39, 0.29) is 17.9 Å². The standard InChI is InChI=1S/C26H26FN3O4S/c1-18-23(16-19-4-3-13-28-17-19)26-20(5-2-6-24(26)30(18)15-12-25(31)32)11-14-29-35(33,34)22-9-7-21(27)8-10-22/h2-10,13,17,29H,11-12,14-16H2,1H3,(H,31,32). The van der Waals surface area contributed by atoms with Gasteiger partial charge in [0.2, 0.25) is 10.0 Å². The van der Waals surface area contributed by atoms with E-state index in [9.17, 15) is 22.7 Å². The number of carboxylic acid groups (broad SMARTS) is 1. The second-order valence-corrected chi connectivity index (χ2v) is 10.1. The van der Waals surface area contributed by atoms with Gasteiger partial charge in [-0.2, -0.15) is 0 Å². The third-order valence-corrected chi connectivity index (χ3v) is 7.50. The molecule has 0 saturated carbocycles. The first-order chi connectivity index (χ1) is 16.8. The van der Waals surface area contributed by atoms with Gasteiger partial charge in [0.25, 0.3) is 0 Å². The van der Waals surface area contributed by atoms with Gasteiger partial charge in [-0.15, -0.1) is 0 Å². The SMILES string of the molecule is Cc1c(Cc2cccnc2)c2c(CCNS(=O)(=O)c3ccc(F)cc3)cccc2n1CCC(=O)O. The molecule has 0 fully saturated rings. The van der Waals surface area contributed by atoms with Crippen LogP contribution in [-0.2, 0) is 34.2 Å². The molecular formula is C26H26FN3O4S. The van der Waals surface area contributed by atoms with Crippen molar-refractivity contribution in [1.82, 2.24) is 14.3 Å². The normalized spacial score (nSPS) is 11.7. The van der Waals surface area contributed by atoms with Gasteiger partial charge in [0.15, 0.2) is 0 Å². The molecule has 2 N–H and O–H groups in total. The van der Waals surface area contributed by atoms with E-state index >= 15 is 0 Å². The molecule has 0 atom stereocenters. The summed E-state index contributed by atoms with van der Waals surface area (Å²) in [5.74, 6) is -1.37. The van der Waals surface area contributed by atoms with Crippen LogP contribution in [0.5, 0.6) is 0 Å². The Morgan fingerprint density at radius 1 is 1.11 bits per heavy atom. The summed E-state index contributed by atoms with van der Waals surface area (Å²) in [6.07, 6.45) is 4.57. The molecule has 0 aliphatic carbocycles. The molecule has 2 aromatic heterocycles. The lowest BCUT2D eigenvalue weighted by atomic mass is 9.98. The minimum Gasteiger partial charge on any atom is -0.481 e. The number of nitrogens with one attached hydrogen (secondary N) is 1. The number of fused-ring (bicyclic) bond motifs is 1. The summed E-state index contributed by atoms with van der Waals surface area (Å²) in [5, 5.41) is 10.2. The van der Waals surface area contributed by atoms with E-state index in [1.807, 2.05) is 41.8 Å². The Balaban J connectivity index is 1.66. The van der Waals surface area contributed by atoms with Gasteiger partial charge >= 0.3 is 5.97 Å². The molecule has 0 spiro atoms. The molecule has 4 aromatic rings. The van der Waals surface area contributed by atoms with Gasteiger partial charge in [-0.05, 0) is 66.4 Å². The molecule has 0 amide bonds. The first kappa shape index (κ1) is 24.6. The van der Waals surface area contributed by atoms with Crippen LogP contribution in [-0.4, -0.2) is 35.6 Å². The number of aromatic nitrogens is 2. The molecule has 4 rings (SSSR count). The molecule has 7 nitrogen and oxygen atoms in total. The lowest BCUT2D eigenvalue weighted by Crippen LogP contribution is -2.26. The summed E-state index contributed by atoms with van der Waals surface area (Å²) in [7, 11) is -3.78. The quantitative estimate of drug-likeness (QED) is 0.345. The molecule has 0 aliphatic heterocycles. The van der Waals surface area contributed by atoms with Gasteiger partial charge in [0.1, 0.15) is 5.82 Å². The molecule has 0 saturated heterocycles. The van der Waals surface area contributed by atoms with Crippen molar-refractivity contribution in [2.75, 3.05) is 6.54 Å². The zero-order valence-electron chi connectivity index (χ0n) is 19.2. The lowest BCUT2D eigenvalue weighted by Gasteiger charge is -2.10. The highest BCUT2D eigenvalue weighted by molar-refractivity contribution is 7.89. The Morgan fingerprint density at radius 3 is 2.57 bits per heavy atom. The van der Waals surface area contributed by atoms with Gasteiger partial charge in [0.05, 0.1) is 11.3 Å². The Labute approximate surface area is 203 Å². The molecule has 2 aromatic carbocycles. The van der Waals surface area contributed by atoms with Crippen molar-refractivity contribution in [3.8, 4) is 0 Å². The van der Waals surface area contributed by atoms with Gasteiger partial charge < -0.3 is 9.67 Å². The molecular weight excluding hydrogens is 469 g/mol. The zero-order chi connectivity index (χ0) is 25.0. The fourth-order valence-corrected chi connectivity index (χ4v) is 5.36. The van der Waals surface area contributed by atoms with E-state index in [0.29, 0.717) is 19.4 Å². The van der Waals surface area contributed by atoms with Crippen molar-refractivity contribution in [3.63, 3.8) is 0 Å². The number of aryl methyl sites for hydroxylation is 1. The summed E-state index contributed by atoms with van der Waals surface area (Å²) in [6.45, 7) is 2.48. The van der Waals surface area contributed by atoms with Gasteiger partial charge in [-0.3, -0.25) is 9.78 Å². The van der Waals surface area contributed by atoms with Crippen LogP contribution in [0.25, 0.3) is 10.9 Å². The number of carbonyl (C=O) groups is 1. The van der Waals surface area contributed by atoms with Gasteiger partial charge in [-0.25, -0.2) is 17.5 Å². The number of benzene rings is 2. The first-order valence-corrected chi connectivity index (χ1v) is 12.7. The fraction of sp³-hybridized carbons (Fsp3) is 0.231. The van der Waals surface area contributed by atoms with Crippen molar-refractivity contribution < 1.29 is 22.7 Å². The Kier molecular flexibility index (Phi) is 7.28. The van der Waals surface area contributed by atoms with Crippen molar-refractivity contribution >= 4 is 26.9 Å². The van der Waals surface area contributed by atoms with Crippen LogP contribution in [0.15, 0.2) is 71.9 Å². The van der Waals surface area contributed by atoms with Gasteiger partial charge in [-0.1, -0.05) is 18.2 Å². The van der Waals surface area contributed by atoms with Crippen LogP contribution in [0.3, 0.4) is 0 Å². The number of aliphatic carboxylic acids is 1. The van der Waals surface area contributed by atoms with Crippen molar-refractivity contribution in [3.05, 3.63) is 95.2 Å². The minimum atomic E-state index is -3.78. The van der Waals surface area contributed by atoms with E-state index in [1.165, 1.54) is 12.1 Å². The van der Waals surface area contributed by atoms with Crippen LogP contribution in [0, 0.1) is 12.7 Å². The van der Waals surface area contributed by atoms with E-state index < -0.39 is 21.8 Å². The van der Waals surface area contributed by atoms with Crippen LogP contribution < -0.4 is 4.72 Å². The van der Waals surface area contributed by atoms with Gasteiger partial charge in [0, 0.05) is 48.5 Å².